The number of nitrogens with zero attached hydrogens (tertiary/aromatic N) is 2. The Bertz CT molecular complexity index is 799. The summed E-state index contributed by atoms with van der Waals surface area (Å²) in [6.45, 7) is 0. The summed E-state index contributed by atoms with van der Waals surface area (Å²) in [6, 6.07) is 10.6. The second kappa shape index (κ2) is 5.98. The smallest absolute Gasteiger partial charge is 0.322 e. The molecule has 1 N–H and O–H groups in total. The van der Waals surface area contributed by atoms with Gasteiger partial charge in [0.25, 0.3) is 11.8 Å². The highest BCUT2D eigenvalue weighted by molar-refractivity contribution is 14.1. The van der Waals surface area contributed by atoms with E-state index in [0.29, 0.717) is 16.0 Å². The lowest BCUT2D eigenvalue weighted by Crippen LogP contribution is -2.13. The molecule has 2 aromatic heterocycles. The second-order valence-electron chi connectivity index (χ2n) is 3.95. The molecule has 1 amide bonds. The van der Waals surface area contributed by atoms with E-state index in [1.807, 2.05) is 12.1 Å². The SMILES string of the molecule is O=C(Nc1nnc(-c2ccc(Br)o2)o1)c1ccccc1I. The number of hydrogen-bond donors (Lipinski definition) is 1. The third-order valence-corrected chi connectivity index (χ3v) is 3.91. The minimum absolute atomic E-state index is 0.0159. The van der Waals surface area contributed by atoms with E-state index in [9.17, 15) is 4.79 Å². The van der Waals surface area contributed by atoms with Crippen molar-refractivity contribution >= 4 is 50.4 Å². The first-order valence-corrected chi connectivity index (χ1v) is 7.66. The molecule has 0 bridgehead atoms. The number of carbonyl (C=O) groups excluding carboxylic acids is 1. The number of carbonyl (C=O) groups is 1. The first-order valence-electron chi connectivity index (χ1n) is 5.78. The molecule has 21 heavy (non-hydrogen) atoms. The number of nitrogens with one attached hydrogen (secondary N) is 1. The van der Waals surface area contributed by atoms with Crippen molar-refractivity contribution in [2.45, 2.75) is 0 Å². The van der Waals surface area contributed by atoms with Gasteiger partial charge in [-0.15, -0.1) is 5.10 Å². The molecule has 3 aromatic rings. The Morgan fingerprint density at radius 1 is 1.14 bits per heavy atom. The number of benzene rings is 1. The van der Waals surface area contributed by atoms with Gasteiger partial charge in [-0.3, -0.25) is 10.1 Å². The average molecular weight is 460 g/mol. The van der Waals surface area contributed by atoms with Crippen molar-refractivity contribution in [3.05, 3.63) is 50.2 Å². The zero-order valence-electron chi connectivity index (χ0n) is 10.3. The number of aromatic nitrogens is 2. The largest absolute Gasteiger partial charge is 0.444 e. The van der Waals surface area contributed by atoms with Crippen LogP contribution in [0.15, 0.2) is 49.9 Å². The molecule has 106 valence electrons. The fourth-order valence-corrected chi connectivity index (χ4v) is 2.55. The fourth-order valence-electron chi connectivity index (χ4n) is 1.61. The maximum atomic E-state index is 12.1. The molecule has 0 saturated carbocycles. The van der Waals surface area contributed by atoms with Gasteiger partial charge in [0.2, 0.25) is 0 Å². The first-order chi connectivity index (χ1) is 10.1. The highest BCUT2D eigenvalue weighted by Crippen LogP contribution is 2.25. The lowest BCUT2D eigenvalue weighted by atomic mass is 10.2. The molecule has 0 aliphatic heterocycles. The van der Waals surface area contributed by atoms with Crippen LogP contribution in [0.2, 0.25) is 0 Å². The summed E-state index contributed by atoms with van der Waals surface area (Å²) in [5.41, 5.74) is 0.540. The van der Waals surface area contributed by atoms with Crippen LogP contribution in [0.3, 0.4) is 0 Å². The summed E-state index contributed by atoms with van der Waals surface area (Å²) in [4.78, 5) is 12.1. The van der Waals surface area contributed by atoms with Crippen LogP contribution in [0.4, 0.5) is 6.01 Å². The van der Waals surface area contributed by atoms with E-state index < -0.39 is 0 Å². The Morgan fingerprint density at radius 2 is 1.95 bits per heavy atom. The molecule has 0 fully saturated rings. The monoisotopic (exact) mass is 459 g/mol. The quantitative estimate of drug-likeness (QED) is 0.600. The van der Waals surface area contributed by atoms with Crippen molar-refractivity contribution in [3.8, 4) is 11.7 Å². The van der Waals surface area contributed by atoms with Gasteiger partial charge in [-0.05, 0) is 62.8 Å². The predicted molar refractivity (Wildman–Crippen MR) is 86.8 cm³/mol. The number of anilines is 1. The Kier molecular flexibility index (Phi) is 4.06. The fraction of sp³-hybridized carbons (Fsp3) is 0. The summed E-state index contributed by atoms with van der Waals surface area (Å²) in [7, 11) is 0. The van der Waals surface area contributed by atoms with Crippen molar-refractivity contribution in [1.29, 1.82) is 0 Å². The molecule has 0 spiro atoms. The standard InChI is InChI=1S/C13H7BrIN3O3/c14-10-6-5-9(20-10)12-17-18-13(21-12)16-11(19)7-3-1-2-4-8(7)15/h1-6H,(H,16,18,19). The topological polar surface area (TPSA) is 81.2 Å². The minimum atomic E-state index is -0.309. The van der Waals surface area contributed by atoms with Crippen LogP contribution >= 0.6 is 38.5 Å². The van der Waals surface area contributed by atoms with E-state index in [-0.39, 0.29) is 17.8 Å². The number of halogens is 2. The first kappa shape index (κ1) is 14.3. The van der Waals surface area contributed by atoms with Gasteiger partial charge in [0, 0.05) is 3.57 Å². The van der Waals surface area contributed by atoms with Crippen LogP contribution < -0.4 is 5.32 Å². The van der Waals surface area contributed by atoms with Gasteiger partial charge in [-0.25, -0.2) is 0 Å². The van der Waals surface area contributed by atoms with Crippen molar-refractivity contribution in [3.63, 3.8) is 0 Å². The van der Waals surface area contributed by atoms with Crippen molar-refractivity contribution in [2.75, 3.05) is 5.32 Å². The Morgan fingerprint density at radius 3 is 2.67 bits per heavy atom. The maximum absolute atomic E-state index is 12.1. The Labute approximate surface area is 141 Å². The Balaban J connectivity index is 1.79. The number of furan rings is 1. The zero-order chi connectivity index (χ0) is 14.8. The molecule has 0 aliphatic carbocycles. The van der Waals surface area contributed by atoms with Gasteiger partial charge in [-0.2, -0.15) is 0 Å². The van der Waals surface area contributed by atoms with Crippen LogP contribution in [0.5, 0.6) is 0 Å². The van der Waals surface area contributed by atoms with E-state index in [1.165, 1.54) is 0 Å². The number of rotatable bonds is 3. The molecule has 0 unspecified atom stereocenters. The molecule has 0 saturated heterocycles. The van der Waals surface area contributed by atoms with Crippen LogP contribution in [-0.4, -0.2) is 16.1 Å². The molecule has 2 heterocycles. The highest BCUT2D eigenvalue weighted by Gasteiger charge is 2.16. The number of amides is 1. The lowest BCUT2D eigenvalue weighted by Gasteiger charge is -2.02. The van der Waals surface area contributed by atoms with Gasteiger partial charge in [0.15, 0.2) is 10.4 Å². The Hall–Kier alpha value is -1.68. The molecule has 1 aromatic carbocycles. The summed E-state index contributed by atoms with van der Waals surface area (Å²) in [5.74, 6) is 0.304. The molecule has 0 atom stereocenters. The van der Waals surface area contributed by atoms with E-state index in [4.69, 9.17) is 8.83 Å². The lowest BCUT2D eigenvalue weighted by molar-refractivity contribution is 0.102. The third kappa shape index (κ3) is 3.16. The summed E-state index contributed by atoms with van der Waals surface area (Å²) in [5, 5.41) is 10.2. The normalized spacial score (nSPS) is 10.6. The zero-order valence-corrected chi connectivity index (χ0v) is 14.1. The van der Waals surface area contributed by atoms with Crippen molar-refractivity contribution in [2.24, 2.45) is 0 Å². The maximum Gasteiger partial charge on any atom is 0.322 e. The van der Waals surface area contributed by atoms with Crippen LogP contribution in [0.25, 0.3) is 11.7 Å². The van der Waals surface area contributed by atoms with Gasteiger partial charge in [-0.1, -0.05) is 17.2 Å². The van der Waals surface area contributed by atoms with Crippen molar-refractivity contribution < 1.29 is 13.6 Å². The summed E-state index contributed by atoms with van der Waals surface area (Å²) >= 11 is 5.28. The van der Waals surface area contributed by atoms with Crippen LogP contribution in [-0.2, 0) is 0 Å². The molecule has 6 nitrogen and oxygen atoms in total. The van der Waals surface area contributed by atoms with Gasteiger partial charge in [0.05, 0.1) is 5.56 Å². The van der Waals surface area contributed by atoms with Gasteiger partial charge in [0.1, 0.15) is 0 Å². The molecule has 0 radical (unpaired) electrons. The molecular weight excluding hydrogens is 453 g/mol. The van der Waals surface area contributed by atoms with Gasteiger partial charge >= 0.3 is 6.01 Å². The van der Waals surface area contributed by atoms with Crippen molar-refractivity contribution in [1.82, 2.24) is 10.2 Å². The molecule has 8 heteroatoms. The van der Waals surface area contributed by atoms with E-state index in [0.717, 1.165) is 3.57 Å². The van der Waals surface area contributed by atoms with Gasteiger partial charge < -0.3 is 8.83 Å². The minimum Gasteiger partial charge on any atom is -0.444 e. The summed E-state index contributed by atoms with van der Waals surface area (Å²) < 4.78 is 12.0. The second-order valence-corrected chi connectivity index (χ2v) is 5.89. The van der Waals surface area contributed by atoms with E-state index in [2.05, 4.69) is 54.0 Å². The molecule has 0 aliphatic rings. The molecule has 3 rings (SSSR count). The highest BCUT2D eigenvalue weighted by atomic mass is 127. The average Bonchev–Trinajstić information content (AvgIpc) is 3.08. The predicted octanol–water partition coefficient (Wildman–Crippen LogP) is 3.95. The third-order valence-electron chi connectivity index (χ3n) is 2.55. The van der Waals surface area contributed by atoms with Crippen LogP contribution in [0, 0.1) is 3.57 Å². The summed E-state index contributed by atoms with van der Waals surface area (Å²) in [6.07, 6.45) is 0. The van der Waals surface area contributed by atoms with Crippen LogP contribution in [0.1, 0.15) is 10.4 Å². The van der Waals surface area contributed by atoms with E-state index >= 15 is 0 Å². The number of hydrogen-bond acceptors (Lipinski definition) is 5. The molecular formula is C13H7BrIN3O3. The van der Waals surface area contributed by atoms with E-state index in [1.54, 1.807) is 24.3 Å².